The highest BCUT2D eigenvalue weighted by molar-refractivity contribution is 6.30. The number of carbonyl (C=O) groups excluding carboxylic acids is 1. The average molecular weight is 537 g/mol. The van der Waals surface area contributed by atoms with Crippen LogP contribution in [-0.2, 0) is 6.42 Å². The molecule has 0 atom stereocenters. The highest BCUT2D eigenvalue weighted by atomic mass is 35.5. The first-order chi connectivity index (χ1) is 19.0. The lowest BCUT2D eigenvalue weighted by Gasteiger charge is -2.35. The summed E-state index contributed by atoms with van der Waals surface area (Å²) in [4.78, 5) is 27.4. The lowest BCUT2D eigenvalue weighted by molar-refractivity contribution is 0.0746. The highest BCUT2D eigenvalue weighted by Crippen LogP contribution is 2.30. The molecule has 0 spiro atoms. The van der Waals surface area contributed by atoms with Gasteiger partial charge in [-0.3, -0.25) is 4.79 Å². The van der Waals surface area contributed by atoms with Crippen molar-refractivity contribution >= 4 is 34.4 Å². The number of aromatic nitrogens is 4. The molecular formula is C31H29ClN6O. The normalized spacial score (nSPS) is 13.7. The fraction of sp³-hybridized carbons (Fsp3) is 0.226. The zero-order valence-corrected chi connectivity index (χ0v) is 22.8. The molecule has 0 aliphatic carbocycles. The Morgan fingerprint density at radius 3 is 2.23 bits per heavy atom. The van der Waals surface area contributed by atoms with Crippen LogP contribution in [0, 0.1) is 13.8 Å². The quantitative estimate of drug-likeness (QED) is 0.291. The van der Waals surface area contributed by atoms with Gasteiger partial charge in [-0.05, 0) is 55.8 Å². The minimum atomic E-state index is 0.0206. The van der Waals surface area contributed by atoms with E-state index in [1.807, 2.05) is 46.8 Å². The van der Waals surface area contributed by atoms with E-state index in [4.69, 9.17) is 26.7 Å². The van der Waals surface area contributed by atoms with E-state index in [1.54, 1.807) is 24.3 Å². The van der Waals surface area contributed by atoms with Gasteiger partial charge in [0.1, 0.15) is 11.6 Å². The van der Waals surface area contributed by atoms with Gasteiger partial charge in [0.05, 0.1) is 16.8 Å². The van der Waals surface area contributed by atoms with Gasteiger partial charge in [0.25, 0.3) is 5.91 Å². The number of amides is 1. The molecule has 3 aromatic carbocycles. The van der Waals surface area contributed by atoms with Gasteiger partial charge < -0.3 is 9.80 Å². The smallest absolute Gasteiger partial charge is 0.253 e. The van der Waals surface area contributed by atoms with Gasteiger partial charge >= 0.3 is 0 Å². The Labute approximate surface area is 232 Å². The van der Waals surface area contributed by atoms with Crippen molar-refractivity contribution in [1.82, 2.24) is 24.6 Å². The molecule has 1 fully saturated rings. The molecule has 5 aromatic rings. The number of benzene rings is 3. The third kappa shape index (κ3) is 5.10. The summed E-state index contributed by atoms with van der Waals surface area (Å²) in [5.41, 5.74) is 5.67. The second-order valence-electron chi connectivity index (χ2n) is 9.94. The fourth-order valence-corrected chi connectivity index (χ4v) is 5.17. The fourth-order valence-electron chi connectivity index (χ4n) is 5.05. The summed E-state index contributed by atoms with van der Waals surface area (Å²) in [5, 5.41) is 6.45. The molecule has 1 saturated heterocycles. The number of rotatable bonds is 5. The van der Waals surface area contributed by atoms with Crippen LogP contribution in [0.4, 0.5) is 5.82 Å². The predicted octanol–water partition coefficient (Wildman–Crippen LogP) is 5.64. The number of para-hydroxylation sites is 1. The van der Waals surface area contributed by atoms with E-state index in [1.165, 1.54) is 5.56 Å². The van der Waals surface area contributed by atoms with Gasteiger partial charge in [-0.1, -0.05) is 59.6 Å². The molecule has 1 aliphatic heterocycles. The maximum Gasteiger partial charge on any atom is 0.253 e. The van der Waals surface area contributed by atoms with Crippen LogP contribution in [-0.4, -0.2) is 56.7 Å². The Kier molecular flexibility index (Phi) is 6.75. The van der Waals surface area contributed by atoms with Crippen molar-refractivity contribution < 1.29 is 4.79 Å². The summed E-state index contributed by atoms with van der Waals surface area (Å²) >= 11 is 6.01. The number of fused-ring (bicyclic) bond motifs is 1. The van der Waals surface area contributed by atoms with Crippen molar-refractivity contribution in [3.05, 3.63) is 112 Å². The van der Waals surface area contributed by atoms with E-state index in [0.717, 1.165) is 39.6 Å². The molecule has 1 aliphatic rings. The summed E-state index contributed by atoms with van der Waals surface area (Å²) in [7, 11) is 0. The third-order valence-electron chi connectivity index (χ3n) is 7.17. The summed E-state index contributed by atoms with van der Waals surface area (Å²) < 4.78 is 1.91. The zero-order valence-electron chi connectivity index (χ0n) is 22.0. The van der Waals surface area contributed by atoms with Gasteiger partial charge in [0.15, 0.2) is 5.65 Å². The molecule has 7 nitrogen and oxygen atoms in total. The lowest BCUT2D eigenvalue weighted by Crippen LogP contribution is -2.49. The molecule has 0 saturated carbocycles. The second kappa shape index (κ2) is 10.5. The van der Waals surface area contributed by atoms with Crippen LogP contribution in [0.1, 0.15) is 33.0 Å². The first-order valence-electron chi connectivity index (χ1n) is 13.1. The van der Waals surface area contributed by atoms with Crippen molar-refractivity contribution in [3.8, 4) is 5.69 Å². The predicted molar refractivity (Wildman–Crippen MR) is 155 cm³/mol. The third-order valence-corrected chi connectivity index (χ3v) is 7.42. The highest BCUT2D eigenvalue weighted by Gasteiger charge is 2.27. The van der Waals surface area contributed by atoms with Crippen molar-refractivity contribution in [2.75, 3.05) is 31.1 Å². The maximum absolute atomic E-state index is 13.1. The van der Waals surface area contributed by atoms with E-state index >= 15 is 0 Å². The van der Waals surface area contributed by atoms with Crippen LogP contribution in [0.25, 0.3) is 16.7 Å². The first kappa shape index (κ1) is 25.1. The van der Waals surface area contributed by atoms with E-state index in [-0.39, 0.29) is 5.91 Å². The van der Waals surface area contributed by atoms with Crippen LogP contribution in [0.3, 0.4) is 0 Å². The lowest BCUT2D eigenvalue weighted by atomic mass is 10.1. The summed E-state index contributed by atoms with van der Waals surface area (Å²) in [6.07, 6.45) is 0.622. The molecule has 0 N–H and O–H groups in total. The van der Waals surface area contributed by atoms with Gasteiger partial charge in [-0.25, -0.2) is 14.6 Å². The molecule has 0 unspecified atom stereocenters. The number of piperazine rings is 1. The van der Waals surface area contributed by atoms with E-state index in [9.17, 15) is 4.79 Å². The minimum absolute atomic E-state index is 0.0206. The van der Waals surface area contributed by atoms with E-state index in [2.05, 4.69) is 36.1 Å². The Morgan fingerprint density at radius 2 is 1.54 bits per heavy atom. The molecule has 8 heteroatoms. The Bertz CT molecular complexity index is 1620. The zero-order chi connectivity index (χ0) is 26.9. The van der Waals surface area contributed by atoms with Crippen molar-refractivity contribution in [3.63, 3.8) is 0 Å². The summed E-state index contributed by atoms with van der Waals surface area (Å²) in [5.74, 6) is 1.64. The van der Waals surface area contributed by atoms with Crippen LogP contribution >= 0.6 is 11.6 Å². The average Bonchev–Trinajstić information content (AvgIpc) is 3.30. The molecule has 6 rings (SSSR count). The first-order valence-corrected chi connectivity index (χ1v) is 13.5. The molecular weight excluding hydrogens is 508 g/mol. The van der Waals surface area contributed by atoms with E-state index in [0.29, 0.717) is 43.2 Å². The van der Waals surface area contributed by atoms with Crippen LogP contribution < -0.4 is 4.90 Å². The second-order valence-corrected chi connectivity index (χ2v) is 10.4. The maximum atomic E-state index is 13.1. The largest absolute Gasteiger partial charge is 0.352 e. The van der Waals surface area contributed by atoms with Crippen molar-refractivity contribution in [1.29, 1.82) is 0 Å². The minimum Gasteiger partial charge on any atom is -0.352 e. The summed E-state index contributed by atoms with van der Waals surface area (Å²) in [6, 6.07) is 25.6. The molecule has 1 amide bonds. The standard InChI is InChI=1S/C31H29ClN6O/c1-21-8-10-23(11-9-21)20-27-33-29(28-22(2)35-38(30(28)34-27)26-6-4-3-5-7-26)36-16-18-37(19-17-36)31(39)24-12-14-25(32)15-13-24/h3-15H,16-20H2,1-2H3. The molecule has 0 bridgehead atoms. The molecule has 0 radical (unpaired) electrons. The van der Waals surface area contributed by atoms with Crippen LogP contribution in [0.2, 0.25) is 5.02 Å². The Hall–Kier alpha value is -4.23. The van der Waals surface area contributed by atoms with Crippen LogP contribution in [0.5, 0.6) is 0 Å². The SMILES string of the molecule is Cc1ccc(Cc2nc(N3CCN(C(=O)c4ccc(Cl)cc4)CC3)c3c(C)nn(-c4ccccc4)c3n2)cc1. The summed E-state index contributed by atoms with van der Waals surface area (Å²) in [6.45, 7) is 6.65. The van der Waals surface area contributed by atoms with Crippen LogP contribution in [0.15, 0.2) is 78.9 Å². The Balaban J connectivity index is 1.35. The van der Waals surface area contributed by atoms with Crippen molar-refractivity contribution in [2.45, 2.75) is 20.3 Å². The molecule has 3 heterocycles. The number of hydrogen-bond donors (Lipinski definition) is 0. The van der Waals surface area contributed by atoms with Gasteiger partial charge in [0.2, 0.25) is 0 Å². The topological polar surface area (TPSA) is 67.2 Å². The number of aryl methyl sites for hydroxylation is 2. The Morgan fingerprint density at radius 1 is 0.846 bits per heavy atom. The number of halogens is 1. The van der Waals surface area contributed by atoms with Gasteiger partial charge in [0, 0.05) is 43.2 Å². The van der Waals surface area contributed by atoms with E-state index < -0.39 is 0 Å². The van der Waals surface area contributed by atoms with Gasteiger partial charge in [-0.2, -0.15) is 5.10 Å². The number of anilines is 1. The van der Waals surface area contributed by atoms with Gasteiger partial charge in [-0.15, -0.1) is 0 Å². The molecule has 39 heavy (non-hydrogen) atoms. The molecule has 2 aromatic heterocycles. The number of hydrogen-bond acceptors (Lipinski definition) is 5. The number of nitrogens with zero attached hydrogens (tertiary/aromatic N) is 6. The molecule has 196 valence electrons. The number of carbonyl (C=O) groups is 1. The monoisotopic (exact) mass is 536 g/mol. The van der Waals surface area contributed by atoms with Crippen molar-refractivity contribution in [2.24, 2.45) is 0 Å².